The number of para-hydroxylation sites is 1. The summed E-state index contributed by atoms with van der Waals surface area (Å²) in [5, 5.41) is 15.8. The number of aryl methyl sites for hydroxylation is 1. The van der Waals surface area contributed by atoms with Gasteiger partial charge in [-0.25, -0.2) is 4.79 Å². The van der Waals surface area contributed by atoms with E-state index in [9.17, 15) is 19.5 Å². The van der Waals surface area contributed by atoms with E-state index in [1.165, 1.54) is 17.0 Å². The number of alkyl carbamates (subject to hydrolysis) is 1. The van der Waals surface area contributed by atoms with Crippen LogP contribution in [0.3, 0.4) is 0 Å². The fourth-order valence-electron chi connectivity index (χ4n) is 4.43. The van der Waals surface area contributed by atoms with E-state index in [1.807, 2.05) is 32.9 Å². The molecule has 0 aliphatic rings. The van der Waals surface area contributed by atoms with Crippen LogP contribution in [0.1, 0.15) is 57.4 Å². The van der Waals surface area contributed by atoms with Crippen LogP contribution in [0.5, 0.6) is 5.75 Å². The molecule has 3 rings (SSSR count). The Labute approximate surface area is 246 Å². The van der Waals surface area contributed by atoms with Crippen molar-refractivity contribution in [1.82, 2.24) is 10.2 Å². The lowest BCUT2D eigenvalue weighted by molar-refractivity contribution is -0.142. The predicted molar refractivity (Wildman–Crippen MR) is 161 cm³/mol. The first-order valence-corrected chi connectivity index (χ1v) is 13.8. The van der Waals surface area contributed by atoms with E-state index in [1.54, 1.807) is 69.3 Å². The second-order valence-electron chi connectivity index (χ2n) is 11.1. The number of hydrogen-bond donors (Lipinski definition) is 3. The SMILES string of the molecule is Cc1cccc(Cl)c1NC(=O)C(c1ccccc1)N(C(=O)C(Cc1ccc(O)cc1)NC(=O)OC(C)(C)C)C(C)C. The van der Waals surface area contributed by atoms with Crippen molar-refractivity contribution in [3.8, 4) is 5.75 Å². The Bertz CT molecular complexity index is 1330. The molecule has 3 aromatic carbocycles. The molecular formula is C32H38ClN3O5. The molecule has 41 heavy (non-hydrogen) atoms. The highest BCUT2D eigenvalue weighted by atomic mass is 35.5. The zero-order valence-corrected chi connectivity index (χ0v) is 25.0. The van der Waals surface area contributed by atoms with Crippen molar-refractivity contribution < 1.29 is 24.2 Å². The minimum atomic E-state index is -1.07. The molecule has 0 saturated heterocycles. The van der Waals surface area contributed by atoms with Gasteiger partial charge < -0.3 is 25.4 Å². The van der Waals surface area contributed by atoms with Crippen LogP contribution < -0.4 is 10.6 Å². The topological polar surface area (TPSA) is 108 Å². The molecule has 0 spiro atoms. The molecule has 3 aromatic rings. The quantitative estimate of drug-likeness (QED) is 0.272. The van der Waals surface area contributed by atoms with E-state index < -0.39 is 41.6 Å². The highest BCUT2D eigenvalue weighted by Gasteiger charge is 2.38. The Hall–Kier alpha value is -4.04. The summed E-state index contributed by atoms with van der Waals surface area (Å²) in [5.74, 6) is -0.842. The largest absolute Gasteiger partial charge is 0.508 e. The summed E-state index contributed by atoms with van der Waals surface area (Å²) < 4.78 is 5.46. The third-order valence-corrected chi connectivity index (χ3v) is 6.60. The van der Waals surface area contributed by atoms with Gasteiger partial charge in [0.15, 0.2) is 0 Å². The van der Waals surface area contributed by atoms with Crippen molar-refractivity contribution in [2.75, 3.05) is 5.32 Å². The Morgan fingerprint density at radius 2 is 1.59 bits per heavy atom. The molecule has 218 valence electrons. The first kappa shape index (κ1) is 31.5. The maximum absolute atomic E-state index is 14.4. The number of anilines is 1. The van der Waals surface area contributed by atoms with Crippen LogP contribution >= 0.6 is 11.6 Å². The number of amides is 3. The van der Waals surface area contributed by atoms with Gasteiger partial charge in [-0.3, -0.25) is 9.59 Å². The number of carbonyl (C=O) groups is 3. The van der Waals surface area contributed by atoms with Crippen LogP contribution in [0, 0.1) is 6.92 Å². The van der Waals surface area contributed by atoms with E-state index in [0.29, 0.717) is 21.8 Å². The molecule has 2 unspecified atom stereocenters. The number of ether oxygens (including phenoxy) is 1. The summed E-state index contributed by atoms with van der Waals surface area (Å²) in [6.45, 7) is 10.7. The summed E-state index contributed by atoms with van der Waals surface area (Å²) >= 11 is 6.42. The van der Waals surface area contributed by atoms with Gasteiger partial charge in [-0.2, -0.15) is 0 Å². The molecule has 9 heteroatoms. The summed E-state index contributed by atoms with van der Waals surface area (Å²) in [7, 11) is 0. The molecule has 3 amide bonds. The summed E-state index contributed by atoms with van der Waals surface area (Å²) in [5.41, 5.74) is 1.75. The molecule has 0 aromatic heterocycles. The zero-order chi connectivity index (χ0) is 30.3. The Kier molecular flexibility index (Phi) is 10.4. The molecule has 0 saturated carbocycles. The van der Waals surface area contributed by atoms with Gasteiger partial charge in [0.25, 0.3) is 5.91 Å². The highest BCUT2D eigenvalue weighted by molar-refractivity contribution is 6.34. The average molecular weight is 580 g/mol. The number of phenols is 1. The molecule has 0 fully saturated rings. The van der Waals surface area contributed by atoms with Crippen molar-refractivity contribution in [1.29, 1.82) is 0 Å². The first-order valence-electron chi connectivity index (χ1n) is 13.5. The Morgan fingerprint density at radius 1 is 0.951 bits per heavy atom. The van der Waals surface area contributed by atoms with Crippen molar-refractivity contribution in [2.45, 2.75) is 71.7 Å². The predicted octanol–water partition coefficient (Wildman–Crippen LogP) is 6.41. The van der Waals surface area contributed by atoms with E-state index in [4.69, 9.17) is 16.3 Å². The van der Waals surface area contributed by atoms with Crippen LogP contribution in [0.2, 0.25) is 5.02 Å². The number of nitrogens with one attached hydrogen (secondary N) is 2. The van der Waals surface area contributed by atoms with Crippen LogP contribution in [-0.4, -0.2) is 45.6 Å². The lowest BCUT2D eigenvalue weighted by atomic mass is 9.98. The van der Waals surface area contributed by atoms with Crippen LogP contribution in [0.25, 0.3) is 0 Å². The van der Waals surface area contributed by atoms with E-state index in [-0.39, 0.29) is 12.2 Å². The molecule has 3 N–H and O–H groups in total. The van der Waals surface area contributed by atoms with Gasteiger partial charge in [-0.05, 0) is 76.4 Å². The van der Waals surface area contributed by atoms with Crippen LogP contribution in [-0.2, 0) is 20.7 Å². The number of carbonyl (C=O) groups excluding carboxylic acids is 3. The molecule has 0 radical (unpaired) electrons. The Morgan fingerprint density at radius 3 is 2.15 bits per heavy atom. The van der Waals surface area contributed by atoms with Gasteiger partial charge in [0.2, 0.25) is 5.91 Å². The van der Waals surface area contributed by atoms with E-state index >= 15 is 0 Å². The third kappa shape index (κ3) is 8.72. The van der Waals surface area contributed by atoms with Gasteiger partial charge in [0.05, 0.1) is 10.7 Å². The average Bonchev–Trinajstić information content (AvgIpc) is 2.89. The van der Waals surface area contributed by atoms with Crippen LogP contribution in [0.4, 0.5) is 10.5 Å². The summed E-state index contributed by atoms with van der Waals surface area (Å²) in [6.07, 6.45) is -0.653. The number of benzene rings is 3. The zero-order valence-electron chi connectivity index (χ0n) is 24.3. The maximum atomic E-state index is 14.4. The van der Waals surface area contributed by atoms with Crippen molar-refractivity contribution in [3.63, 3.8) is 0 Å². The fraction of sp³-hybridized carbons (Fsp3) is 0.344. The van der Waals surface area contributed by atoms with Crippen molar-refractivity contribution in [2.24, 2.45) is 0 Å². The third-order valence-electron chi connectivity index (χ3n) is 6.29. The first-order chi connectivity index (χ1) is 19.3. The minimum absolute atomic E-state index is 0.0798. The Balaban J connectivity index is 2.05. The molecule has 2 atom stereocenters. The summed E-state index contributed by atoms with van der Waals surface area (Å²) in [4.78, 5) is 42.7. The van der Waals surface area contributed by atoms with E-state index in [2.05, 4.69) is 10.6 Å². The molecule has 8 nitrogen and oxygen atoms in total. The standard InChI is InChI=1S/C32H38ClN3O5/c1-20(2)36(28(23-12-8-7-9-13-23)29(38)35-27-21(3)11-10-14-25(27)33)30(39)26(34-31(40)41-32(4,5)6)19-22-15-17-24(37)18-16-22/h7-18,20,26,28,37H,19H2,1-6H3,(H,34,40)(H,35,38). The summed E-state index contributed by atoms with van der Waals surface area (Å²) in [6, 6.07) is 18.1. The van der Waals surface area contributed by atoms with E-state index in [0.717, 1.165) is 5.56 Å². The number of rotatable bonds is 9. The maximum Gasteiger partial charge on any atom is 0.408 e. The van der Waals surface area contributed by atoms with Crippen molar-refractivity contribution >= 4 is 35.2 Å². The lowest BCUT2D eigenvalue weighted by Crippen LogP contribution is -2.55. The minimum Gasteiger partial charge on any atom is -0.508 e. The molecule has 0 bridgehead atoms. The number of phenolic OH excluding ortho intramolecular Hbond substituents is 1. The smallest absolute Gasteiger partial charge is 0.408 e. The monoisotopic (exact) mass is 579 g/mol. The van der Waals surface area contributed by atoms with Crippen LogP contribution in [0.15, 0.2) is 72.8 Å². The van der Waals surface area contributed by atoms with Gasteiger partial charge >= 0.3 is 6.09 Å². The second-order valence-corrected chi connectivity index (χ2v) is 11.6. The molecule has 0 aliphatic heterocycles. The number of halogens is 1. The lowest BCUT2D eigenvalue weighted by Gasteiger charge is -2.37. The van der Waals surface area contributed by atoms with Gasteiger partial charge in [-0.15, -0.1) is 0 Å². The number of hydrogen-bond acceptors (Lipinski definition) is 5. The number of aromatic hydroxyl groups is 1. The molecular weight excluding hydrogens is 542 g/mol. The van der Waals surface area contributed by atoms with Gasteiger partial charge in [-0.1, -0.05) is 66.2 Å². The molecule has 0 heterocycles. The second kappa shape index (κ2) is 13.5. The fourth-order valence-corrected chi connectivity index (χ4v) is 4.70. The molecule has 0 aliphatic carbocycles. The highest BCUT2D eigenvalue weighted by Crippen LogP contribution is 2.30. The van der Waals surface area contributed by atoms with Crippen molar-refractivity contribution in [3.05, 3.63) is 94.5 Å². The normalized spacial score (nSPS) is 12.8. The van der Waals surface area contributed by atoms with Gasteiger partial charge in [0, 0.05) is 12.5 Å². The number of nitrogens with zero attached hydrogens (tertiary/aromatic N) is 1. The van der Waals surface area contributed by atoms with Gasteiger partial charge in [0.1, 0.15) is 23.4 Å².